The molecule has 0 bridgehead atoms. The molecule has 2 aromatic carbocycles. The van der Waals surface area contributed by atoms with Gasteiger partial charge in [0.2, 0.25) is 0 Å². The van der Waals surface area contributed by atoms with Crippen molar-refractivity contribution in [3.05, 3.63) is 60.2 Å². The van der Waals surface area contributed by atoms with E-state index in [4.69, 9.17) is 4.74 Å². The van der Waals surface area contributed by atoms with Crippen LogP contribution in [-0.4, -0.2) is 18.4 Å². The minimum atomic E-state index is -0.673. The molecule has 2 aromatic rings. The molecule has 0 saturated heterocycles. The van der Waals surface area contributed by atoms with Gasteiger partial charge >= 0.3 is 11.8 Å². The zero-order valence-electron chi connectivity index (χ0n) is 13.9. The fourth-order valence-electron chi connectivity index (χ4n) is 1.94. The highest BCUT2D eigenvalue weighted by molar-refractivity contribution is 6.39. The molecule has 24 heavy (non-hydrogen) atoms. The van der Waals surface area contributed by atoms with E-state index >= 15 is 0 Å². The van der Waals surface area contributed by atoms with Crippen LogP contribution in [0.1, 0.15) is 19.4 Å². The standard InChI is InChI=1S/C19H22N2O3/c1-14(2)12-20-18(22)19(23)21-16-8-10-17(11-9-16)24-13-15-6-4-3-5-7-15/h3-11,14H,12-13H2,1-2H3,(H,20,22)(H,21,23). The van der Waals surface area contributed by atoms with Crippen molar-refractivity contribution in [1.82, 2.24) is 5.32 Å². The van der Waals surface area contributed by atoms with Crippen molar-refractivity contribution in [2.75, 3.05) is 11.9 Å². The molecular formula is C19H22N2O3. The van der Waals surface area contributed by atoms with E-state index < -0.39 is 11.8 Å². The molecule has 0 fully saturated rings. The van der Waals surface area contributed by atoms with Gasteiger partial charge in [-0.15, -0.1) is 0 Å². The van der Waals surface area contributed by atoms with Crippen LogP contribution in [0.25, 0.3) is 0 Å². The number of nitrogens with one attached hydrogen (secondary N) is 2. The summed E-state index contributed by atoms with van der Waals surface area (Å²) in [5, 5.41) is 5.14. The van der Waals surface area contributed by atoms with Crippen molar-refractivity contribution >= 4 is 17.5 Å². The molecule has 0 radical (unpaired) electrons. The van der Waals surface area contributed by atoms with Crippen LogP contribution in [0.15, 0.2) is 54.6 Å². The first-order chi connectivity index (χ1) is 11.5. The lowest BCUT2D eigenvalue weighted by Crippen LogP contribution is -2.37. The third kappa shape index (κ3) is 5.76. The van der Waals surface area contributed by atoms with E-state index in [0.717, 1.165) is 5.56 Å². The van der Waals surface area contributed by atoms with Gasteiger partial charge in [-0.05, 0) is 35.7 Å². The number of benzene rings is 2. The van der Waals surface area contributed by atoms with Gasteiger partial charge < -0.3 is 15.4 Å². The third-order valence-electron chi connectivity index (χ3n) is 3.24. The molecule has 2 amide bonds. The minimum absolute atomic E-state index is 0.294. The number of ether oxygens (including phenoxy) is 1. The number of amides is 2. The Bertz CT molecular complexity index is 667. The summed E-state index contributed by atoms with van der Waals surface area (Å²) < 4.78 is 5.67. The van der Waals surface area contributed by atoms with E-state index in [-0.39, 0.29) is 0 Å². The third-order valence-corrected chi connectivity index (χ3v) is 3.24. The summed E-state index contributed by atoms with van der Waals surface area (Å²) in [6.07, 6.45) is 0. The van der Waals surface area contributed by atoms with E-state index in [1.54, 1.807) is 24.3 Å². The van der Waals surface area contributed by atoms with E-state index in [2.05, 4.69) is 10.6 Å². The van der Waals surface area contributed by atoms with Crippen LogP contribution in [-0.2, 0) is 16.2 Å². The predicted molar refractivity (Wildman–Crippen MR) is 93.7 cm³/mol. The second kappa shape index (κ2) is 8.72. The van der Waals surface area contributed by atoms with Crippen LogP contribution in [0.2, 0.25) is 0 Å². The Hall–Kier alpha value is -2.82. The molecule has 0 aliphatic heterocycles. The first-order valence-corrected chi connectivity index (χ1v) is 7.90. The van der Waals surface area contributed by atoms with Crippen LogP contribution in [0.3, 0.4) is 0 Å². The van der Waals surface area contributed by atoms with Gasteiger partial charge in [-0.1, -0.05) is 44.2 Å². The van der Waals surface area contributed by atoms with Crippen LogP contribution >= 0.6 is 0 Å². The van der Waals surface area contributed by atoms with Gasteiger partial charge in [0.25, 0.3) is 0 Å². The van der Waals surface area contributed by atoms with Crippen LogP contribution in [0, 0.1) is 5.92 Å². The molecule has 0 aliphatic carbocycles. The second-order valence-electron chi connectivity index (χ2n) is 5.86. The maximum absolute atomic E-state index is 11.8. The second-order valence-corrected chi connectivity index (χ2v) is 5.86. The van der Waals surface area contributed by atoms with Gasteiger partial charge in [-0.25, -0.2) is 0 Å². The summed E-state index contributed by atoms with van der Waals surface area (Å²) >= 11 is 0. The summed E-state index contributed by atoms with van der Waals surface area (Å²) in [5.41, 5.74) is 1.63. The van der Waals surface area contributed by atoms with Gasteiger partial charge in [0.15, 0.2) is 0 Å². The van der Waals surface area contributed by atoms with Gasteiger partial charge in [0, 0.05) is 12.2 Å². The summed E-state index contributed by atoms with van der Waals surface area (Å²) in [6, 6.07) is 16.8. The number of carbonyl (C=O) groups excluding carboxylic acids is 2. The maximum atomic E-state index is 11.8. The smallest absolute Gasteiger partial charge is 0.313 e. The molecule has 0 spiro atoms. The maximum Gasteiger partial charge on any atom is 0.313 e. The Kier molecular flexibility index (Phi) is 6.37. The van der Waals surface area contributed by atoms with E-state index in [1.807, 2.05) is 44.2 Å². The van der Waals surface area contributed by atoms with Crippen molar-refractivity contribution in [3.8, 4) is 5.75 Å². The number of rotatable bonds is 6. The lowest BCUT2D eigenvalue weighted by molar-refractivity contribution is -0.136. The Labute approximate surface area is 142 Å². The predicted octanol–water partition coefficient (Wildman–Crippen LogP) is 2.98. The number of carbonyl (C=O) groups is 2. The van der Waals surface area contributed by atoms with Gasteiger partial charge in [-0.3, -0.25) is 9.59 Å². The van der Waals surface area contributed by atoms with Crippen molar-refractivity contribution in [2.45, 2.75) is 20.5 Å². The Morgan fingerprint density at radius 3 is 2.25 bits per heavy atom. The Morgan fingerprint density at radius 2 is 1.62 bits per heavy atom. The molecule has 5 nitrogen and oxygen atoms in total. The summed E-state index contributed by atoms with van der Waals surface area (Å²) in [4.78, 5) is 23.4. The Morgan fingerprint density at radius 1 is 0.958 bits per heavy atom. The normalized spacial score (nSPS) is 10.3. The lowest BCUT2D eigenvalue weighted by atomic mass is 10.2. The highest BCUT2D eigenvalue weighted by Gasteiger charge is 2.13. The number of hydrogen-bond acceptors (Lipinski definition) is 3. The molecular weight excluding hydrogens is 304 g/mol. The van der Waals surface area contributed by atoms with E-state index in [9.17, 15) is 9.59 Å². The molecule has 0 heterocycles. The monoisotopic (exact) mass is 326 g/mol. The van der Waals surface area contributed by atoms with Gasteiger partial charge in [0.05, 0.1) is 0 Å². The molecule has 2 rings (SSSR count). The fraction of sp³-hybridized carbons (Fsp3) is 0.263. The minimum Gasteiger partial charge on any atom is -0.489 e. The lowest BCUT2D eigenvalue weighted by Gasteiger charge is -2.09. The summed E-state index contributed by atoms with van der Waals surface area (Å²) in [5.74, 6) is -0.314. The van der Waals surface area contributed by atoms with Crippen LogP contribution in [0.5, 0.6) is 5.75 Å². The molecule has 0 saturated carbocycles. The largest absolute Gasteiger partial charge is 0.489 e. The van der Waals surface area contributed by atoms with Crippen molar-refractivity contribution in [3.63, 3.8) is 0 Å². The van der Waals surface area contributed by atoms with Crippen molar-refractivity contribution < 1.29 is 14.3 Å². The quantitative estimate of drug-likeness (QED) is 0.802. The van der Waals surface area contributed by atoms with Crippen LogP contribution < -0.4 is 15.4 Å². The average Bonchev–Trinajstić information content (AvgIpc) is 2.60. The van der Waals surface area contributed by atoms with E-state index in [1.165, 1.54) is 0 Å². The van der Waals surface area contributed by atoms with Gasteiger partial charge in [-0.2, -0.15) is 0 Å². The number of hydrogen-bond donors (Lipinski definition) is 2. The molecule has 0 aromatic heterocycles. The number of anilines is 1. The first-order valence-electron chi connectivity index (χ1n) is 7.90. The van der Waals surface area contributed by atoms with Crippen molar-refractivity contribution in [2.24, 2.45) is 5.92 Å². The van der Waals surface area contributed by atoms with E-state index in [0.29, 0.717) is 30.5 Å². The summed E-state index contributed by atoms with van der Waals surface area (Å²) in [7, 11) is 0. The average molecular weight is 326 g/mol. The van der Waals surface area contributed by atoms with Gasteiger partial charge in [0.1, 0.15) is 12.4 Å². The van der Waals surface area contributed by atoms with Crippen molar-refractivity contribution in [1.29, 1.82) is 0 Å². The zero-order chi connectivity index (χ0) is 17.4. The fourth-order valence-corrected chi connectivity index (χ4v) is 1.94. The molecule has 0 unspecified atom stereocenters. The SMILES string of the molecule is CC(C)CNC(=O)C(=O)Nc1ccc(OCc2ccccc2)cc1. The highest BCUT2D eigenvalue weighted by atomic mass is 16.5. The Balaban J connectivity index is 1.83. The highest BCUT2D eigenvalue weighted by Crippen LogP contribution is 2.17. The molecule has 0 atom stereocenters. The molecule has 5 heteroatoms. The zero-order valence-corrected chi connectivity index (χ0v) is 13.9. The summed E-state index contributed by atoms with van der Waals surface area (Å²) in [6.45, 7) is 4.88. The first kappa shape index (κ1) is 17.5. The molecule has 0 aliphatic rings. The molecule has 126 valence electrons. The molecule has 2 N–H and O–H groups in total. The van der Waals surface area contributed by atoms with Crippen LogP contribution in [0.4, 0.5) is 5.69 Å². The topological polar surface area (TPSA) is 67.4 Å².